The van der Waals surface area contributed by atoms with Crippen molar-refractivity contribution < 1.29 is 87.8 Å². The number of rotatable bonds is 12. The Bertz CT molecular complexity index is 2180. The number of hydrogen-bond donors (Lipinski definition) is 6. The fourth-order valence-corrected chi connectivity index (χ4v) is 11.4. The van der Waals surface area contributed by atoms with Gasteiger partial charge in [0, 0.05) is 64.9 Å². The number of methoxy groups -OCH3 is 3. The van der Waals surface area contributed by atoms with Crippen LogP contribution in [0.5, 0.6) is 0 Å². The minimum atomic E-state index is -2.47. The number of amides is 1. The molecule has 3 heterocycles. The first-order chi connectivity index (χ1) is 37.9. The molecule has 4 aliphatic rings. The standard InChI is InChI=1S/C56H87NO16.C6H14O2/c1-33-17-13-12-14-18-34(2)45(68-9)29-41-22-20-39(7)56(67,73-41)51(63)52(64)57-24-16-15-19-42(57)53(65)71-46(30-43(60)35(3)26-38(6)49(62)50(70-11)48(61)37(5)25-33)36(4)27-40-21-23-44(47(28-40)69-10)72-54(66)55(8,31-58)32-59;1-5(7)4-6(2,3)8/h12-14,17-18,26,33,35-37,39-42,44-47,49-50,58-59,62,67H,15-16,19-25,27-32H2,1-11H3;5,7-8H,4H2,1-3H3/b14-12?,17-13+,34-18?,38-26+;/t33-,35-,36-,37-,39-,40+,41+,42+,44-,45+,46+,47-,49-,50+,56-;/m1./s1. The first-order valence-corrected chi connectivity index (χ1v) is 29.2. The number of aliphatic hydroxyl groups is 6. The number of ketones is 3. The Balaban J connectivity index is 0.00000199. The van der Waals surface area contributed by atoms with E-state index in [0.717, 1.165) is 10.5 Å². The number of allylic oxidation sites excluding steroid dienone is 6. The number of piperidine rings is 1. The molecule has 0 spiro atoms. The van der Waals surface area contributed by atoms with Crippen LogP contribution >= 0.6 is 0 Å². The van der Waals surface area contributed by atoms with Gasteiger partial charge in [0.1, 0.15) is 41.7 Å². The van der Waals surface area contributed by atoms with E-state index in [0.29, 0.717) is 76.2 Å². The molecule has 19 heteroatoms. The quantitative estimate of drug-likeness (QED) is 0.0715. The lowest BCUT2D eigenvalue weighted by atomic mass is 9.78. The monoisotopic (exact) mass is 1150 g/mol. The lowest BCUT2D eigenvalue weighted by Gasteiger charge is -2.42. The average molecular weight is 1150 g/mol. The van der Waals surface area contributed by atoms with Crippen molar-refractivity contribution in [3.63, 3.8) is 0 Å². The van der Waals surface area contributed by atoms with E-state index < -0.39 is 132 Å². The van der Waals surface area contributed by atoms with E-state index in [2.05, 4.69) is 0 Å². The van der Waals surface area contributed by atoms with Gasteiger partial charge in [-0.05, 0) is 135 Å². The summed E-state index contributed by atoms with van der Waals surface area (Å²) in [5, 5.41) is 60.8. The highest BCUT2D eigenvalue weighted by Crippen LogP contribution is 2.39. The molecule has 81 heavy (non-hydrogen) atoms. The van der Waals surface area contributed by atoms with Crippen LogP contribution in [-0.4, -0.2) is 178 Å². The van der Waals surface area contributed by atoms with Crippen LogP contribution in [0.25, 0.3) is 0 Å². The molecule has 16 atom stereocenters. The molecule has 2 bridgehead atoms. The molecule has 0 aromatic carbocycles. The van der Waals surface area contributed by atoms with E-state index in [1.54, 1.807) is 61.7 Å². The first-order valence-electron chi connectivity index (χ1n) is 29.2. The fraction of sp³-hybridized carbons (Fsp3) is 0.774. The Labute approximate surface area is 481 Å². The van der Waals surface area contributed by atoms with Crippen LogP contribution < -0.4 is 0 Å². The van der Waals surface area contributed by atoms with E-state index >= 15 is 0 Å². The highest BCUT2D eigenvalue weighted by atomic mass is 16.6. The molecular weight excluding hydrogens is 1050 g/mol. The second-order valence-corrected chi connectivity index (χ2v) is 24.7. The zero-order valence-corrected chi connectivity index (χ0v) is 51.0. The predicted octanol–water partition coefficient (Wildman–Crippen LogP) is 6.25. The number of carbonyl (C=O) groups excluding carboxylic acids is 6. The van der Waals surface area contributed by atoms with Gasteiger partial charge in [0.05, 0.1) is 43.2 Å². The Kier molecular flexibility index (Phi) is 28.9. The summed E-state index contributed by atoms with van der Waals surface area (Å²) in [4.78, 5) is 85.4. The maximum Gasteiger partial charge on any atom is 0.329 e. The number of cyclic esters (lactones) is 1. The van der Waals surface area contributed by atoms with Crippen molar-refractivity contribution in [3.8, 4) is 0 Å². The van der Waals surface area contributed by atoms with E-state index in [1.165, 1.54) is 21.1 Å². The largest absolute Gasteiger partial charge is 0.460 e. The Morgan fingerprint density at radius 2 is 1.51 bits per heavy atom. The maximum atomic E-state index is 14.5. The van der Waals surface area contributed by atoms with Crippen LogP contribution in [0.4, 0.5) is 0 Å². The summed E-state index contributed by atoms with van der Waals surface area (Å²) in [5.41, 5.74) is -1.01. The molecule has 0 aromatic rings. The van der Waals surface area contributed by atoms with Crippen molar-refractivity contribution >= 4 is 35.2 Å². The summed E-state index contributed by atoms with van der Waals surface area (Å²) in [7, 11) is 4.43. The molecule has 1 saturated carbocycles. The second-order valence-electron chi connectivity index (χ2n) is 24.7. The number of carbonyl (C=O) groups is 6. The third kappa shape index (κ3) is 20.9. The minimum absolute atomic E-state index is 0.00697. The molecule has 1 amide bonds. The van der Waals surface area contributed by atoms with Crippen LogP contribution in [0.3, 0.4) is 0 Å². The topological polar surface area (TPSA) is 282 Å². The summed E-state index contributed by atoms with van der Waals surface area (Å²) >= 11 is 0. The molecule has 462 valence electrons. The molecule has 1 unspecified atom stereocenters. The third-order valence-electron chi connectivity index (χ3n) is 16.7. The van der Waals surface area contributed by atoms with Gasteiger partial charge in [-0.2, -0.15) is 0 Å². The van der Waals surface area contributed by atoms with Crippen LogP contribution in [0.2, 0.25) is 0 Å². The number of ether oxygens (including phenoxy) is 6. The second kappa shape index (κ2) is 32.9. The van der Waals surface area contributed by atoms with Crippen LogP contribution in [0.1, 0.15) is 160 Å². The smallest absolute Gasteiger partial charge is 0.329 e. The molecule has 3 aliphatic heterocycles. The van der Waals surface area contributed by atoms with Gasteiger partial charge in [-0.3, -0.25) is 24.0 Å². The molecule has 3 fully saturated rings. The molecule has 1 aliphatic carbocycles. The lowest BCUT2D eigenvalue weighted by Crippen LogP contribution is -2.61. The zero-order chi connectivity index (χ0) is 61.2. The zero-order valence-electron chi connectivity index (χ0n) is 51.0. The van der Waals surface area contributed by atoms with E-state index in [1.807, 2.05) is 51.2 Å². The number of esters is 2. The molecule has 19 nitrogen and oxygen atoms in total. The Morgan fingerprint density at radius 1 is 0.840 bits per heavy atom. The van der Waals surface area contributed by atoms with Crippen molar-refractivity contribution in [2.24, 2.45) is 40.9 Å². The highest BCUT2D eigenvalue weighted by molar-refractivity contribution is 6.39. The van der Waals surface area contributed by atoms with Crippen molar-refractivity contribution in [1.29, 1.82) is 0 Å². The third-order valence-corrected chi connectivity index (χ3v) is 16.7. The molecule has 6 N–H and O–H groups in total. The van der Waals surface area contributed by atoms with Crippen molar-refractivity contribution in [2.45, 2.75) is 226 Å². The molecular formula is C62H101NO18. The van der Waals surface area contributed by atoms with Gasteiger partial charge >= 0.3 is 11.9 Å². The van der Waals surface area contributed by atoms with Crippen molar-refractivity contribution in [2.75, 3.05) is 41.1 Å². The molecule has 2 saturated heterocycles. The fourth-order valence-electron chi connectivity index (χ4n) is 11.4. The van der Waals surface area contributed by atoms with E-state index in [9.17, 15) is 49.2 Å². The SMILES string of the molecule is CC(O)CC(C)(C)O.CO[C@H]1C[C@@H]2CC[C@@H](C)[C@@](O)(O2)C(=O)C(=O)N2CCCC[C@H]2C(=O)O[C@H]([C@H](C)C[C@@H]2CC[C@@H](OC(=O)C(C)(CO)CO)[C@H](OC)C2)CC(=O)[C@H](C)/C=C(\C)[C@@H](O)[C@@H](OC)C(=O)[C@H](C)C[C@H](C)/C=C/C=CC=C1C. The van der Waals surface area contributed by atoms with Gasteiger partial charge in [-0.25, -0.2) is 4.79 Å². The number of fused-ring (bicyclic) bond motifs is 3. The normalized spacial score (nSPS) is 34.3. The van der Waals surface area contributed by atoms with Gasteiger partial charge < -0.3 is 64.0 Å². The van der Waals surface area contributed by atoms with Gasteiger partial charge in [-0.15, -0.1) is 0 Å². The maximum absolute atomic E-state index is 14.5. The number of hydrogen-bond acceptors (Lipinski definition) is 18. The lowest BCUT2D eigenvalue weighted by molar-refractivity contribution is -0.265. The van der Waals surface area contributed by atoms with Crippen molar-refractivity contribution in [1.82, 2.24) is 4.90 Å². The van der Waals surface area contributed by atoms with Gasteiger partial charge in [0.15, 0.2) is 5.78 Å². The average Bonchev–Trinajstić information content (AvgIpc) is 3.54. The molecule has 4 rings (SSSR count). The summed E-state index contributed by atoms with van der Waals surface area (Å²) in [6, 6.07) is -1.20. The Morgan fingerprint density at radius 3 is 2.09 bits per heavy atom. The Hall–Kier alpha value is -4.02. The summed E-state index contributed by atoms with van der Waals surface area (Å²) < 4.78 is 35.4. The van der Waals surface area contributed by atoms with Crippen LogP contribution in [0, 0.1) is 40.9 Å². The number of aliphatic hydroxyl groups excluding tert-OH is 4. The van der Waals surface area contributed by atoms with Gasteiger partial charge in [-0.1, -0.05) is 71.1 Å². The first kappa shape index (κ1) is 71.2. The summed E-state index contributed by atoms with van der Waals surface area (Å²) in [5.74, 6) is -9.36. The molecule has 0 aromatic heterocycles. The van der Waals surface area contributed by atoms with Gasteiger partial charge in [0.2, 0.25) is 5.79 Å². The van der Waals surface area contributed by atoms with Gasteiger partial charge in [0.25, 0.3) is 11.7 Å². The van der Waals surface area contributed by atoms with Crippen LogP contribution in [-0.2, 0) is 57.2 Å². The van der Waals surface area contributed by atoms with Crippen molar-refractivity contribution in [3.05, 3.63) is 47.6 Å². The van der Waals surface area contributed by atoms with Crippen LogP contribution in [0.15, 0.2) is 47.6 Å². The van der Waals surface area contributed by atoms with E-state index in [-0.39, 0.29) is 42.8 Å². The predicted molar refractivity (Wildman–Crippen MR) is 304 cm³/mol. The number of Topliss-reactive ketones (excluding diaryl/α,β-unsaturated/α-hetero) is 3. The minimum Gasteiger partial charge on any atom is -0.460 e. The highest BCUT2D eigenvalue weighted by Gasteiger charge is 2.53. The van der Waals surface area contributed by atoms with E-state index in [4.69, 9.17) is 38.6 Å². The summed E-state index contributed by atoms with van der Waals surface area (Å²) in [6.45, 7) is 17.8. The summed E-state index contributed by atoms with van der Waals surface area (Å²) in [6.07, 6.45) is 9.79. The molecule has 0 radical (unpaired) electrons. The number of nitrogens with zero attached hydrogens (tertiary/aromatic N) is 1.